The molecule has 206 valence electrons. The molecule has 0 saturated carbocycles. The highest BCUT2D eigenvalue weighted by Crippen LogP contribution is 2.29. The normalized spacial score (nSPS) is 13.7. The molecule has 9 nitrogen and oxygen atoms in total. The Labute approximate surface area is 235 Å². The molecule has 0 aliphatic carbocycles. The lowest BCUT2D eigenvalue weighted by molar-refractivity contribution is 0.0270. The Balaban J connectivity index is 1.37. The summed E-state index contributed by atoms with van der Waals surface area (Å²) in [7, 11) is 0. The van der Waals surface area contributed by atoms with Crippen LogP contribution in [0.4, 0.5) is 15.0 Å². The van der Waals surface area contributed by atoms with E-state index < -0.39 is 5.60 Å². The zero-order valence-electron chi connectivity index (χ0n) is 22.9. The molecule has 40 heavy (non-hydrogen) atoms. The molecule has 5 rings (SSSR count). The SMILES string of the molecule is CCc1nc2ccc(C3=CCN(C(=O)OC(C)(C)C)CC3)nn2c1NCc1nc(-c2ccc(F)cc2)c(C#N)s1. The van der Waals surface area contributed by atoms with E-state index in [1.54, 1.807) is 21.5 Å². The number of thiazole rings is 1. The van der Waals surface area contributed by atoms with Gasteiger partial charge in [-0.1, -0.05) is 13.0 Å². The van der Waals surface area contributed by atoms with Crippen molar-refractivity contribution in [3.63, 3.8) is 0 Å². The van der Waals surface area contributed by atoms with Crippen LogP contribution in [0.2, 0.25) is 0 Å². The Kier molecular flexibility index (Phi) is 7.54. The number of hydrogen-bond donors (Lipinski definition) is 1. The highest BCUT2D eigenvalue weighted by atomic mass is 32.1. The second-order valence-corrected chi connectivity index (χ2v) is 11.5. The number of ether oxygens (including phenoxy) is 1. The molecule has 0 saturated heterocycles. The van der Waals surface area contributed by atoms with Gasteiger partial charge in [-0.3, -0.25) is 0 Å². The Bertz CT molecular complexity index is 1630. The number of carbonyl (C=O) groups is 1. The predicted molar refractivity (Wildman–Crippen MR) is 152 cm³/mol. The van der Waals surface area contributed by atoms with Crippen LogP contribution in [-0.4, -0.2) is 49.3 Å². The van der Waals surface area contributed by atoms with Gasteiger partial charge in [0.15, 0.2) is 11.5 Å². The second-order valence-electron chi connectivity index (χ2n) is 10.4. The van der Waals surface area contributed by atoms with Crippen LogP contribution in [0, 0.1) is 17.1 Å². The molecule has 0 fully saturated rings. The molecule has 1 aliphatic heterocycles. The molecular weight excluding hydrogens is 529 g/mol. The summed E-state index contributed by atoms with van der Waals surface area (Å²) in [6, 6.07) is 12.1. The van der Waals surface area contributed by atoms with Crippen molar-refractivity contribution in [2.24, 2.45) is 0 Å². The highest BCUT2D eigenvalue weighted by molar-refractivity contribution is 7.12. The summed E-state index contributed by atoms with van der Waals surface area (Å²) in [6.45, 7) is 9.00. The van der Waals surface area contributed by atoms with Crippen molar-refractivity contribution in [2.45, 2.75) is 52.7 Å². The molecule has 0 unspecified atom stereocenters. The third-order valence-electron chi connectivity index (χ3n) is 6.37. The largest absolute Gasteiger partial charge is 0.444 e. The summed E-state index contributed by atoms with van der Waals surface area (Å²) in [5.41, 5.74) is 4.17. The van der Waals surface area contributed by atoms with Crippen LogP contribution in [0.25, 0.3) is 22.5 Å². The maximum Gasteiger partial charge on any atom is 0.410 e. The molecule has 4 heterocycles. The third-order valence-corrected chi connectivity index (χ3v) is 7.33. The van der Waals surface area contributed by atoms with Gasteiger partial charge in [0.05, 0.1) is 23.6 Å². The fraction of sp³-hybridized carbons (Fsp3) is 0.345. The Morgan fingerprint density at radius 1 is 1.20 bits per heavy atom. The van der Waals surface area contributed by atoms with E-state index in [2.05, 4.69) is 16.4 Å². The monoisotopic (exact) mass is 559 g/mol. The van der Waals surface area contributed by atoms with Gasteiger partial charge < -0.3 is 15.0 Å². The van der Waals surface area contributed by atoms with E-state index in [0.717, 1.165) is 33.4 Å². The van der Waals surface area contributed by atoms with Crippen molar-refractivity contribution >= 4 is 34.5 Å². The van der Waals surface area contributed by atoms with Crippen LogP contribution in [0.1, 0.15) is 55.4 Å². The summed E-state index contributed by atoms with van der Waals surface area (Å²) in [5, 5.41) is 18.7. The van der Waals surface area contributed by atoms with E-state index in [1.807, 2.05) is 45.9 Å². The van der Waals surface area contributed by atoms with E-state index in [1.165, 1.54) is 23.5 Å². The number of amides is 1. The fourth-order valence-electron chi connectivity index (χ4n) is 4.45. The van der Waals surface area contributed by atoms with Gasteiger partial charge in [-0.15, -0.1) is 11.3 Å². The summed E-state index contributed by atoms with van der Waals surface area (Å²) in [5.74, 6) is 0.429. The van der Waals surface area contributed by atoms with Crippen LogP contribution in [0.5, 0.6) is 0 Å². The number of aromatic nitrogens is 4. The summed E-state index contributed by atoms with van der Waals surface area (Å²) >= 11 is 1.30. The number of anilines is 1. The van der Waals surface area contributed by atoms with Crippen LogP contribution in [0.15, 0.2) is 42.5 Å². The lowest BCUT2D eigenvalue weighted by Gasteiger charge is -2.29. The number of rotatable bonds is 6. The number of hydrogen-bond acceptors (Lipinski definition) is 8. The van der Waals surface area contributed by atoms with Gasteiger partial charge in [-0.05, 0) is 75.6 Å². The van der Waals surface area contributed by atoms with Gasteiger partial charge in [0.25, 0.3) is 0 Å². The third kappa shape index (κ3) is 5.82. The smallest absolute Gasteiger partial charge is 0.410 e. The first kappa shape index (κ1) is 27.3. The highest BCUT2D eigenvalue weighted by Gasteiger charge is 2.24. The van der Waals surface area contributed by atoms with E-state index in [0.29, 0.717) is 48.6 Å². The summed E-state index contributed by atoms with van der Waals surface area (Å²) in [4.78, 5) is 24.0. The van der Waals surface area contributed by atoms with Gasteiger partial charge in [0, 0.05) is 18.7 Å². The lowest BCUT2D eigenvalue weighted by Crippen LogP contribution is -2.39. The van der Waals surface area contributed by atoms with Crippen molar-refractivity contribution in [1.82, 2.24) is 24.5 Å². The van der Waals surface area contributed by atoms with Gasteiger partial charge in [0.1, 0.15) is 27.4 Å². The number of aryl methyl sites for hydroxylation is 1. The minimum Gasteiger partial charge on any atom is -0.444 e. The Morgan fingerprint density at radius 2 is 1.98 bits per heavy atom. The van der Waals surface area contributed by atoms with E-state index in [4.69, 9.17) is 14.8 Å². The molecule has 0 atom stereocenters. The standard InChI is InChI=1S/C29H30FN7O2S/c1-5-21-27(32-17-25-34-26(23(16-31)40-25)19-6-8-20(30)9-7-19)37-24(33-21)11-10-22(35-37)18-12-14-36(15-13-18)28(38)39-29(2,3)4/h6-12,32H,5,13-15,17H2,1-4H3. The first-order valence-corrected chi connectivity index (χ1v) is 13.9. The van der Waals surface area contributed by atoms with Gasteiger partial charge in [-0.2, -0.15) is 14.9 Å². The van der Waals surface area contributed by atoms with Crippen LogP contribution >= 0.6 is 11.3 Å². The topological polar surface area (TPSA) is 108 Å². The molecule has 1 aromatic carbocycles. The number of carbonyl (C=O) groups excluding carboxylic acids is 1. The minimum absolute atomic E-state index is 0.316. The molecule has 1 aliphatic rings. The van der Waals surface area contributed by atoms with E-state index in [9.17, 15) is 14.4 Å². The quantitative estimate of drug-likeness (QED) is 0.306. The Hall–Kier alpha value is -4.30. The van der Waals surface area contributed by atoms with Crippen LogP contribution < -0.4 is 5.32 Å². The first-order chi connectivity index (χ1) is 19.1. The van der Waals surface area contributed by atoms with Crippen molar-refractivity contribution in [3.8, 4) is 17.3 Å². The molecular formula is C29H30FN7O2S. The molecule has 0 bridgehead atoms. The Morgan fingerprint density at radius 3 is 2.62 bits per heavy atom. The van der Waals surface area contributed by atoms with Gasteiger partial charge in [0.2, 0.25) is 0 Å². The summed E-state index contributed by atoms with van der Waals surface area (Å²) < 4.78 is 20.7. The average molecular weight is 560 g/mol. The number of imidazole rings is 1. The minimum atomic E-state index is -0.535. The number of fused-ring (bicyclic) bond motifs is 1. The molecule has 0 spiro atoms. The fourth-order valence-corrected chi connectivity index (χ4v) is 5.27. The number of benzene rings is 1. The van der Waals surface area contributed by atoms with Gasteiger partial charge in [-0.25, -0.2) is 19.2 Å². The zero-order valence-corrected chi connectivity index (χ0v) is 23.7. The van der Waals surface area contributed by atoms with Crippen molar-refractivity contribution in [3.05, 3.63) is 69.6 Å². The second kappa shape index (κ2) is 11.1. The molecule has 4 aromatic rings. The van der Waals surface area contributed by atoms with Gasteiger partial charge >= 0.3 is 6.09 Å². The first-order valence-electron chi connectivity index (χ1n) is 13.1. The van der Waals surface area contributed by atoms with E-state index >= 15 is 0 Å². The molecule has 0 radical (unpaired) electrons. The lowest BCUT2D eigenvalue weighted by atomic mass is 10.0. The van der Waals surface area contributed by atoms with E-state index in [-0.39, 0.29) is 11.9 Å². The molecule has 1 N–H and O–H groups in total. The number of nitriles is 1. The van der Waals surface area contributed by atoms with Crippen molar-refractivity contribution in [2.75, 3.05) is 18.4 Å². The average Bonchev–Trinajstić information content (AvgIpc) is 3.51. The molecule has 1 amide bonds. The van der Waals surface area contributed by atoms with Crippen LogP contribution in [-0.2, 0) is 17.7 Å². The predicted octanol–water partition coefficient (Wildman–Crippen LogP) is 6.06. The summed E-state index contributed by atoms with van der Waals surface area (Å²) in [6.07, 6.45) is 3.07. The molecule has 3 aromatic heterocycles. The van der Waals surface area contributed by atoms with Crippen molar-refractivity contribution in [1.29, 1.82) is 5.26 Å². The number of halogens is 1. The zero-order chi connectivity index (χ0) is 28.4. The number of nitrogens with zero attached hydrogens (tertiary/aromatic N) is 6. The number of nitrogens with one attached hydrogen (secondary N) is 1. The van der Waals surface area contributed by atoms with Crippen LogP contribution in [0.3, 0.4) is 0 Å². The molecule has 11 heteroatoms. The maximum absolute atomic E-state index is 13.4. The van der Waals surface area contributed by atoms with Crippen molar-refractivity contribution < 1.29 is 13.9 Å². The maximum atomic E-state index is 13.4.